The summed E-state index contributed by atoms with van der Waals surface area (Å²) >= 11 is 0. The number of hydrogen-bond donors (Lipinski definition) is 3. The fourth-order valence-corrected chi connectivity index (χ4v) is 1.36. The van der Waals surface area contributed by atoms with E-state index in [0.29, 0.717) is 6.54 Å². The molecule has 0 saturated carbocycles. The van der Waals surface area contributed by atoms with Gasteiger partial charge in [0.05, 0.1) is 0 Å². The second-order valence-electron chi connectivity index (χ2n) is 3.69. The van der Waals surface area contributed by atoms with Crippen LogP contribution in [-0.4, -0.2) is 15.2 Å². The minimum atomic E-state index is -0.615. The molecule has 0 bridgehead atoms. The van der Waals surface area contributed by atoms with E-state index >= 15 is 0 Å². The summed E-state index contributed by atoms with van der Waals surface area (Å²) < 4.78 is 0. The van der Waals surface area contributed by atoms with E-state index < -0.39 is 11.2 Å². The van der Waals surface area contributed by atoms with Crippen LogP contribution in [0.15, 0.2) is 33.9 Å². The highest BCUT2D eigenvalue weighted by atomic mass is 16.2. The summed E-state index contributed by atoms with van der Waals surface area (Å²) in [6.07, 6.45) is 0. The molecule has 6 nitrogen and oxygen atoms in total. The van der Waals surface area contributed by atoms with Crippen LogP contribution in [0, 0.1) is 6.92 Å². The highest BCUT2D eigenvalue weighted by molar-refractivity contribution is 5.31. The Kier molecular flexibility index (Phi) is 3.04. The number of anilines is 1. The van der Waals surface area contributed by atoms with Crippen molar-refractivity contribution >= 4 is 5.82 Å². The summed E-state index contributed by atoms with van der Waals surface area (Å²) in [6, 6.07) is 7.90. The van der Waals surface area contributed by atoms with Crippen molar-refractivity contribution in [2.24, 2.45) is 0 Å². The molecule has 0 radical (unpaired) electrons. The number of H-pyrrole nitrogens is 2. The fourth-order valence-electron chi connectivity index (χ4n) is 1.36. The number of hydrogen-bond acceptors (Lipinski definition) is 4. The first-order valence-corrected chi connectivity index (χ1v) is 5.13. The Labute approximate surface area is 96.7 Å². The number of nitrogens with one attached hydrogen (secondary N) is 3. The minimum Gasteiger partial charge on any atom is -0.360 e. The number of nitrogens with zero attached hydrogens (tertiary/aromatic N) is 1. The lowest BCUT2D eigenvalue weighted by atomic mass is 10.1. The zero-order chi connectivity index (χ0) is 12.3. The van der Waals surface area contributed by atoms with Crippen LogP contribution in [-0.2, 0) is 6.54 Å². The van der Waals surface area contributed by atoms with Crippen LogP contribution < -0.4 is 16.6 Å². The molecule has 0 atom stereocenters. The number of aromatic amines is 2. The van der Waals surface area contributed by atoms with Gasteiger partial charge in [-0.1, -0.05) is 29.8 Å². The number of rotatable bonds is 3. The normalized spacial score (nSPS) is 10.2. The average Bonchev–Trinajstić information content (AvgIpc) is 2.30. The number of benzene rings is 1. The summed E-state index contributed by atoms with van der Waals surface area (Å²) in [5.74, 6) is 0.102. The van der Waals surface area contributed by atoms with E-state index in [2.05, 4.69) is 20.5 Å². The predicted molar refractivity (Wildman–Crippen MR) is 64.0 cm³/mol. The Morgan fingerprint density at radius 3 is 2.59 bits per heavy atom. The maximum absolute atomic E-state index is 11.3. The molecule has 0 aliphatic heterocycles. The fraction of sp³-hybridized carbons (Fsp3) is 0.182. The van der Waals surface area contributed by atoms with Crippen LogP contribution in [0.25, 0.3) is 0 Å². The lowest BCUT2D eigenvalue weighted by Gasteiger charge is -2.04. The zero-order valence-corrected chi connectivity index (χ0v) is 9.28. The Bertz CT molecular complexity index is 612. The first-order chi connectivity index (χ1) is 8.15. The second-order valence-corrected chi connectivity index (χ2v) is 3.69. The Morgan fingerprint density at radius 1 is 1.24 bits per heavy atom. The molecule has 0 amide bonds. The van der Waals surface area contributed by atoms with Crippen LogP contribution in [0.5, 0.6) is 0 Å². The highest BCUT2D eigenvalue weighted by Gasteiger charge is 2.01. The van der Waals surface area contributed by atoms with Crippen molar-refractivity contribution in [1.29, 1.82) is 0 Å². The van der Waals surface area contributed by atoms with E-state index in [1.54, 1.807) is 0 Å². The molecule has 0 aliphatic carbocycles. The Balaban J connectivity index is 2.10. The van der Waals surface area contributed by atoms with Gasteiger partial charge in [0.25, 0.3) is 5.56 Å². The summed E-state index contributed by atoms with van der Waals surface area (Å²) in [5.41, 5.74) is 1.06. The average molecular weight is 232 g/mol. The molecule has 2 aromatic rings. The van der Waals surface area contributed by atoms with E-state index in [-0.39, 0.29) is 5.82 Å². The molecule has 1 aromatic carbocycles. The van der Waals surface area contributed by atoms with Crippen molar-refractivity contribution in [3.63, 3.8) is 0 Å². The van der Waals surface area contributed by atoms with Crippen LogP contribution in [0.2, 0.25) is 0 Å². The van der Waals surface area contributed by atoms with Crippen LogP contribution in [0.1, 0.15) is 11.1 Å². The summed E-state index contributed by atoms with van der Waals surface area (Å²) in [5, 5.41) is 8.63. The van der Waals surface area contributed by atoms with Gasteiger partial charge in [-0.25, -0.2) is 9.89 Å². The Hall–Kier alpha value is -2.37. The standard InChI is InChI=1S/C11H12N4O2/c1-7-2-4-8(5-3-7)6-12-9-10(16)13-11(17)15-14-9/h2-5H,6H2,1H3,(H,12,14)(H2,13,15,16,17). The van der Waals surface area contributed by atoms with E-state index in [1.807, 2.05) is 31.2 Å². The van der Waals surface area contributed by atoms with E-state index in [1.165, 1.54) is 5.56 Å². The van der Waals surface area contributed by atoms with Gasteiger partial charge in [-0.15, -0.1) is 5.10 Å². The molecule has 2 rings (SSSR count). The maximum atomic E-state index is 11.3. The van der Waals surface area contributed by atoms with Crippen molar-refractivity contribution in [1.82, 2.24) is 15.2 Å². The molecule has 88 valence electrons. The minimum absolute atomic E-state index is 0.102. The molecule has 1 aromatic heterocycles. The maximum Gasteiger partial charge on any atom is 0.342 e. The molecule has 3 N–H and O–H groups in total. The van der Waals surface area contributed by atoms with Crippen molar-refractivity contribution in [2.75, 3.05) is 5.32 Å². The molecule has 0 aliphatic rings. The Morgan fingerprint density at radius 2 is 1.94 bits per heavy atom. The largest absolute Gasteiger partial charge is 0.360 e. The first-order valence-electron chi connectivity index (χ1n) is 5.13. The van der Waals surface area contributed by atoms with Crippen molar-refractivity contribution < 1.29 is 0 Å². The molecule has 0 spiro atoms. The van der Waals surface area contributed by atoms with Crippen molar-refractivity contribution in [3.05, 3.63) is 56.2 Å². The topological polar surface area (TPSA) is 90.6 Å². The SMILES string of the molecule is Cc1ccc(CNc2n[nH]c(=O)[nH]c2=O)cc1. The molecule has 0 saturated heterocycles. The highest BCUT2D eigenvalue weighted by Crippen LogP contribution is 2.04. The number of aromatic nitrogens is 3. The van der Waals surface area contributed by atoms with Gasteiger partial charge >= 0.3 is 5.69 Å². The predicted octanol–water partition coefficient (Wildman–Crippen LogP) is 0.379. The van der Waals surface area contributed by atoms with Crippen molar-refractivity contribution in [2.45, 2.75) is 13.5 Å². The van der Waals surface area contributed by atoms with Gasteiger partial charge in [-0.2, -0.15) is 0 Å². The molecule has 0 fully saturated rings. The third-order valence-corrected chi connectivity index (χ3v) is 2.29. The molecular weight excluding hydrogens is 220 g/mol. The molecular formula is C11H12N4O2. The lowest BCUT2D eigenvalue weighted by Crippen LogP contribution is -2.26. The zero-order valence-electron chi connectivity index (χ0n) is 9.28. The first kappa shape index (κ1) is 11.1. The van der Waals surface area contributed by atoms with Gasteiger partial charge in [0.1, 0.15) is 0 Å². The third-order valence-electron chi connectivity index (χ3n) is 2.29. The van der Waals surface area contributed by atoms with Gasteiger partial charge in [0.15, 0.2) is 0 Å². The van der Waals surface area contributed by atoms with Gasteiger partial charge in [-0.05, 0) is 12.5 Å². The molecule has 17 heavy (non-hydrogen) atoms. The molecule has 1 heterocycles. The smallest absolute Gasteiger partial charge is 0.342 e. The van der Waals surface area contributed by atoms with Crippen LogP contribution in [0.4, 0.5) is 5.82 Å². The second kappa shape index (κ2) is 4.65. The summed E-state index contributed by atoms with van der Waals surface area (Å²) in [7, 11) is 0. The van der Waals surface area contributed by atoms with Gasteiger partial charge in [-0.3, -0.25) is 9.78 Å². The third kappa shape index (κ3) is 2.81. The quantitative estimate of drug-likeness (QED) is 0.713. The van der Waals surface area contributed by atoms with Gasteiger partial charge < -0.3 is 5.32 Å². The molecule has 0 unspecified atom stereocenters. The summed E-state index contributed by atoms with van der Waals surface area (Å²) in [6.45, 7) is 2.48. The van der Waals surface area contributed by atoms with Crippen LogP contribution in [0.3, 0.4) is 0 Å². The van der Waals surface area contributed by atoms with E-state index in [0.717, 1.165) is 5.56 Å². The van der Waals surface area contributed by atoms with E-state index in [9.17, 15) is 9.59 Å². The van der Waals surface area contributed by atoms with E-state index in [4.69, 9.17) is 0 Å². The summed E-state index contributed by atoms with van der Waals surface area (Å²) in [4.78, 5) is 24.2. The lowest BCUT2D eigenvalue weighted by molar-refractivity contribution is 0.883. The van der Waals surface area contributed by atoms with Crippen molar-refractivity contribution in [3.8, 4) is 0 Å². The van der Waals surface area contributed by atoms with Gasteiger partial charge in [0, 0.05) is 6.54 Å². The number of aryl methyl sites for hydroxylation is 1. The molecule has 6 heteroatoms. The van der Waals surface area contributed by atoms with Crippen LogP contribution >= 0.6 is 0 Å². The monoisotopic (exact) mass is 232 g/mol. The van der Waals surface area contributed by atoms with Gasteiger partial charge in [0.2, 0.25) is 5.82 Å².